The summed E-state index contributed by atoms with van der Waals surface area (Å²) in [6.07, 6.45) is 0.934. The maximum absolute atomic E-state index is 13.6. The van der Waals surface area contributed by atoms with Crippen LogP contribution in [-0.4, -0.2) is 71.5 Å². The molecule has 1 aliphatic carbocycles. The highest BCUT2D eigenvalue weighted by Gasteiger charge is 2.39. The number of carboxylic acids is 1. The van der Waals surface area contributed by atoms with E-state index in [-0.39, 0.29) is 60.7 Å². The van der Waals surface area contributed by atoms with Crippen molar-refractivity contribution in [2.24, 2.45) is 13.0 Å². The number of hydrogen-bond donors (Lipinski definition) is 2. The van der Waals surface area contributed by atoms with Crippen LogP contribution in [0.5, 0.6) is 0 Å². The summed E-state index contributed by atoms with van der Waals surface area (Å²) in [7, 11) is 1.75. The highest BCUT2D eigenvalue weighted by atomic mass is 19.4. The van der Waals surface area contributed by atoms with Gasteiger partial charge in [0, 0.05) is 67.9 Å². The fourth-order valence-electron chi connectivity index (χ4n) is 6.42. The molecule has 1 unspecified atom stereocenters. The topological polar surface area (TPSA) is 125 Å². The van der Waals surface area contributed by atoms with Crippen molar-refractivity contribution in [3.8, 4) is 11.1 Å². The molecule has 1 amide bonds. The van der Waals surface area contributed by atoms with E-state index in [0.717, 1.165) is 24.1 Å². The number of aromatic nitrogens is 4. The van der Waals surface area contributed by atoms with Crippen molar-refractivity contribution >= 4 is 18.3 Å². The SMILES string of the molecule is CC[C@@H]1CC(N(Cc2cc(C(F)(F)F)cc(C(F)(F)F)c2)c2ncc(-c3cnn(C)c3)cn2)C[C@H](CC)N1C=O.O=C(O)CC1CC(O)C1. The fourth-order valence-corrected chi connectivity index (χ4v) is 6.42. The zero-order chi connectivity index (χ0) is 36.1. The van der Waals surface area contributed by atoms with Gasteiger partial charge in [-0.2, -0.15) is 31.4 Å². The largest absolute Gasteiger partial charge is 0.481 e. The molecule has 0 bridgehead atoms. The number of aliphatic carboxylic acids is 1. The van der Waals surface area contributed by atoms with Crippen LogP contribution in [0.2, 0.25) is 0 Å². The first-order valence-corrected chi connectivity index (χ1v) is 16.0. The van der Waals surface area contributed by atoms with Crippen LogP contribution in [0.1, 0.15) is 75.5 Å². The molecule has 3 heterocycles. The number of hydrogen-bond acceptors (Lipinski definition) is 7. The van der Waals surface area contributed by atoms with Crippen LogP contribution in [-0.2, 0) is 35.5 Å². The minimum atomic E-state index is -4.96. The first kappa shape index (κ1) is 37.6. The van der Waals surface area contributed by atoms with E-state index < -0.39 is 29.4 Å². The molecule has 2 fully saturated rings. The summed E-state index contributed by atoms with van der Waals surface area (Å²) in [5.41, 5.74) is -1.51. The van der Waals surface area contributed by atoms with E-state index in [4.69, 9.17) is 10.2 Å². The molecule has 10 nitrogen and oxygen atoms in total. The van der Waals surface area contributed by atoms with E-state index in [1.165, 1.54) is 0 Å². The number of aryl methyl sites for hydroxylation is 1. The first-order valence-electron chi connectivity index (χ1n) is 16.0. The third kappa shape index (κ3) is 9.70. The summed E-state index contributed by atoms with van der Waals surface area (Å²) in [6, 6.07) is 0.967. The molecule has 2 N–H and O–H groups in total. The number of piperidine rings is 1. The molecular formula is C33H40F6N6O4. The van der Waals surface area contributed by atoms with Gasteiger partial charge in [-0.3, -0.25) is 14.3 Å². The van der Waals surface area contributed by atoms with Crippen LogP contribution >= 0.6 is 0 Å². The summed E-state index contributed by atoms with van der Waals surface area (Å²) < 4.78 is 83.1. The van der Waals surface area contributed by atoms with Crippen LogP contribution in [0.4, 0.5) is 32.3 Å². The summed E-state index contributed by atoms with van der Waals surface area (Å²) >= 11 is 0. The minimum absolute atomic E-state index is 0.121. The third-order valence-electron chi connectivity index (χ3n) is 9.04. The highest BCUT2D eigenvalue weighted by Crippen LogP contribution is 2.38. The van der Waals surface area contributed by atoms with Gasteiger partial charge in [-0.05, 0) is 68.2 Å². The van der Waals surface area contributed by atoms with E-state index in [0.29, 0.717) is 44.1 Å². The summed E-state index contributed by atoms with van der Waals surface area (Å²) in [5.74, 6) is -0.350. The molecule has 268 valence electrons. The Morgan fingerprint density at radius 3 is 1.88 bits per heavy atom. The molecule has 0 spiro atoms. The molecule has 2 aromatic heterocycles. The summed E-state index contributed by atoms with van der Waals surface area (Å²) in [6.45, 7) is 3.59. The summed E-state index contributed by atoms with van der Waals surface area (Å²) in [4.78, 5) is 34.2. The number of likely N-dealkylation sites (tertiary alicyclic amines) is 1. The number of carbonyl (C=O) groups excluding carboxylic acids is 1. The van der Waals surface area contributed by atoms with Gasteiger partial charge in [0.05, 0.1) is 23.4 Å². The highest BCUT2D eigenvalue weighted by molar-refractivity contribution is 5.67. The predicted octanol–water partition coefficient (Wildman–Crippen LogP) is 6.33. The molecular weight excluding hydrogens is 658 g/mol. The monoisotopic (exact) mass is 698 g/mol. The van der Waals surface area contributed by atoms with Crippen molar-refractivity contribution < 1.29 is 46.1 Å². The lowest BCUT2D eigenvalue weighted by atomic mass is 9.80. The van der Waals surface area contributed by atoms with Gasteiger partial charge in [-0.1, -0.05) is 13.8 Å². The zero-order valence-electron chi connectivity index (χ0n) is 27.3. The second kappa shape index (κ2) is 15.6. The number of nitrogens with zero attached hydrogens (tertiary/aromatic N) is 6. The van der Waals surface area contributed by atoms with Gasteiger partial charge in [0.25, 0.3) is 0 Å². The number of aliphatic hydroxyl groups excluding tert-OH is 1. The Kier molecular flexibility index (Phi) is 11.9. The van der Waals surface area contributed by atoms with Crippen LogP contribution < -0.4 is 4.90 Å². The maximum atomic E-state index is 13.6. The van der Waals surface area contributed by atoms with Crippen molar-refractivity contribution in [3.05, 3.63) is 59.7 Å². The van der Waals surface area contributed by atoms with Gasteiger partial charge in [0.1, 0.15) is 0 Å². The van der Waals surface area contributed by atoms with Crippen molar-refractivity contribution in [1.82, 2.24) is 24.6 Å². The average molecular weight is 699 g/mol. The van der Waals surface area contributed by atoms with Crippen LogP contribution in [0, 0.1) is 5.92 Å². The molecule has 3 atom stereocenters. The van der Waals surface area contributed by atoms with E-state index in [9.17, 15) is 35.9 Å². The molecule has 0 radical (unpaired) electrons. The molecule has 1 aliphatic heterocycles. The molecule has 49 heavy (non-hydrogen) atoms. The summed E-state index contributed by atoms with van der Waals surface area (Å²) in [5, 5.41) is 21.1. The van der Waals surface area contributed by atoms with E-state index in [1.54, 1.807) is 46.3 Å². The average Bonchev–Trinajstić information content (AvgIpc) is 3.47. The van der Waals surface area contributed by atoms with E-state index >= 15 is 0 Å². The van der Waals surface area contributed by atoms with Gasteiger partial charge < -0.3 is 20.0 Å². The zero-order valence-corrected chi connectivity index (χ0v) is 27.3. The Labute approximate surface area is 279 Å². The van der Waals surface area contributed by atoms with Crippen molar-refractivity contribution in [1.29, 1.82) is 0 Å². The lowest BCUT2D eigenvalue weighted by molar-refractivity contribution is -0.143. The number of anilines is 1. The Morgan fingerprint density at radius 2 is 1.47 bits per heavy atom. The second-order valence-corrected chi connectivity index (χ2v) is 12.6. The van der Waals surface area contributed by atoms with E-state index in [2.05, 4.69) is 15.1 Å². The third-order valence-corrected chi connectivity index (χ3v) is 9.04. The van der Waals surface area contributed by atoms with E-state index in [1.807, 2.05) is 13.8 Å². The van der Waals surface area contributed by atoms with Crippen LogP contribution in [0.15, 0.2) is 43.0 Å². The lowest BCUT2D eigenvalue weighted by Crippen LogP contribution is -2.54. The molecule has 3 aromatic rings. The Morgan fingerprint density at radius 1 is 0.918 bits per heavy atom. The fraction of sp³-hybridized carbons (Fsp3) is 0.545. The number of carboxylic acid groups (broad SMARTS) is 1. The second-order valence-electron chi connectivity index (χ2n) is 12.6. The smallest absolute Gasteiger partial charge is 0.416 e. The number of rotatable bonds is 10. The molecule has 1 saturated heterocycles. The Hall–Kier alpha value is -4.21. The van der Waals surface area contributed by atoms with Gasteiger partial charge in [-0.15, -0.1) is 0 Å². The van der Waals surface area contributed by atoms with Gasteiger partial charge >= 0.3 is 18.3 Å². The van der Waals surface area contributed by atoms with Gasteiger partial charge in [-0.25, -0.2) is 9.97 Å². The molecule has 1 saturated carbocycles. The Bertz CT molecular complexity index is 1510. The molecule has 1 aromatic carbocycles. The first-order chi connectivity index (χ1) is 23.0. The number of benzene rings is 1. The number of halogens is 6. The standard InChI is InChI=1S/C27H30F6N6O.C6H10O3/c1-4-22-9-24(10-23(5-2)39(22)16-40)38(25-34-11-18(12-35-25)19-13-36-37(3)15-19)14-17-6-20(26(28,29)30)8-21(7-17)27(31,32)33;7-5-1-4(2-5)3-6(8)9/h6-8,11-13,15-16,22-24H,4-5,9-10,14H2,1-3H3;4-5,7H,1-3H2,(H,8,9)/t22-,23+,24?;. The predicted molar refractivity (Wildman–Crippen MR) is 167 cm³/mol. The number of amides is 1. The Balaban J connectivity index is 0.000000520. The van der Waals surface area contributed by atoms with Gasteiger partial charge in [0.15, 0.2) is 0 Å². The normalized spacial score (nSPS) is 22.5. The molecule has 16 heteroatoms. The molecule has 5 rings (SSSR count). The van der Waals surface area contributed by atoms with Gasteiger partial charge in [0.2, 0.25) is 12.4 Å². The maximum Gasteiger partial charge on any atom is 0.416 e. The van der Waals surface area contributed by atoms with Crippen molar-refractivity contribution in [2.75, 3.05) is 4.90 Å². The number of carbonyl (C=O) groups is 2. The van der Waals surface area contributed by atoms with Crippen LogP contribution in [0.3, 0.4) is 0 Å². The number of alkyl halides is 6. The number of aliphatic hydroxyl groups is 1. The molecule has 2 aliphatic rings. The van der Waals surface area contributed by atoms with Crippen molar-refractivity contribution in [2.45, 2.75) is 102 Å². The van der Waals surface area contributed by atoms with Crippen LogP contribution in [0.25, 0.3) is 11.1 Å². The lowest BCUT2D eigenvalue weighted by Gasteiger charge is -2.46. The quantitative estimate of drug-likeness (QED) is 0.186. The van der Waals surface area contributed by atoms with Crippen molar-refractivity contribution in [3.63, 3.8) is 0 Å². The minimum Gasteiger partial charge on any atom is -0.481 e.